The summed E-state index contributed by atoms with van der Waals surface area (Å²) in [5.41, 5.74) is 1.05. The van der Waals surface area contributed by atoms with Crippen LogP contribution in [-0.4, -0.2) is 74.6 Å². The van der Waals surface area contributed by atoms with E-state index >= 15 is 0 Å². The number of piperidine rings is 2. The van der Waals surface area contributed by atoms with Crippen LogP contribution in [0.1, 0.15) is 67.8 Å². The van der Waals surface area contributed by atoms with E-state index in [1.54, 1.807) is 11.3 Å². The highest BCUT2D eigenvalue weighted by Gasteiger charge is 2.34. The van der Waals surface area contributed by atoms with Crippen molar-refractivity contribution < 1.29 is 9.90 Å². The van der Waals surface area contributed by atoms with Crippen LogP contribution in [0.2, 0.25) is 0 Å². The highest BCUT2D eigenvalue weighted by molar-refractivity contribution is 7.15. The highest BCUT2D eigenvalue weighted by atomic mass is 32.1. The van der Waals surface area contributed by atoms with Crippen molar-refractivity contribution >= 4 is 28.2 Å². The molecule has 2 fully saturated rings. The molecule has 1 atom stereocenters. The minimum Gasteiger partial charge on any atom is -0.395 e. The summed E-state index contributed by atoms with van der Waals surface area (Å²) >= 11 is 1.62. The third kappa shape index (κ3) is 6.07. The van der Waals surface area contributed by atoms with Crippen LogP contribution in [0.5, 0.6) is 0 Å². The largest absolute Gasteiger partial charge is 0.395 e. The number of aryl methyl sites for hydroxylation is 2. The summed E-state index contributed by atoms with van der Waals surface area (Å²) in [5, 5.41) is 13.6. The SMILES string of the molecule is CCCc1cc(Nc2ncc(C)s2)nc(C2CCN(C(=O)[C@H]3CCCCN3CCO)CC2)n1. The Bertz CT molecular complexity index is 925. The number of likely N-dealkylation sites (tertiary alicyclic amines) is 2. The average Bonchev–Trinajstić information content (AvgIpc) is 3.24. The molecule has 0 saturated carbocycles. The molecule has 0 radical (unpaired) electrons. The number of hydrogen-bond donors (Lipinski definition) is 2. The molecule has 9 heteroatoms. The second-order valence-corrected chi connectivity index (χ2v) is 10.4. The van der Waals surface area contributed by atoms with Crippen molar-refractivity contribution in [1.82, 2.24) is 24.8 Å². The van der Waals surface area contributed by atoms with Gasteiger partial charge in [-0.15, -0.1) is 11.3 Å². The van der Waals surface area contributed by atoms with Crippen molar-refractivity contribution in [3.8, 4) is 0 Å². The van der Waals surface area contributed by atoms with E-state index in [-0.39, 0.29) is 24.5 Å². The topological polar surface area (TPSA) is 94.5 Å². The Labute approximate surface area is 200 Å². The molecule has 0 aromatic carbocycles. The van der Waals surface area contributed by atoms with Crippen molar-refractivity contribution in [2.75, 3.05) is 38.1 Å². The fourth-order valence-electron chi connectivity index (χ4n) is 4.91. The maximum Gasteiger partial charge on any atom is 0.239 e. The lowest BCUT2D eigenvalue weighted by Gasteiger charge is -2.39. The molecule has 180 valence electrons. The van der Waals surface area contributed by atoms with Gasteiger partial charge in [-0.3, -0.25) is 9.69 Å². The van der Waals surface area contributed by atoms with Gasteiger partial charge in [-0.2, -0.15) is 0 Å². The average molecular weight is 473 g/mol. The first-order chi connectivity index (χ1) is 16.1. The van der Waals surface area contributed by atoms with Crippen LogP contribution in [0.4, 0.5) is 10.9 Å². The maximum atomic E-state index is 13.2. The van der Waals surface area contributed by atoms with E-state index in [0.717, 1.165) is 91.9 Å². The van der Waals surface area contributed by atoms with Crippen LogP contribution in [-0.2, 0) is 11.2 Å². The minimum absolute atomic E-state index is 0.0795. The van der Waals surface area contributed by atoms with Gasteiger partial charge in [0.1, 0.15) is 11.6 Å². The number of aromatic nitrogens is 3. The standard InChI is InChI=1S/C24H36N6O2S/c1-3-6-19-15-21(28-24-25-16-17(2)33-24)27-22(26-19)18-8-11-30(12-9-18)23(32)20-7-4-5-10-29(20)13-14-31/h15-16,18,20,31H,3-14H2,1-2H3,(H,25,26,27,28)/t20-/m1/s1. The predicted molar refractivity (Wildman–Crippen MR) is 131 cm³/mol. The number of anilines is 2. The Kier molecular flexibility index (Phi) is 8.27. The molecule has 2 N–H and O–H groups in total. The normalized spacial score (nSPS) is 20.2. The van der Waals surface area contributed by atoms with E-state index in [9.17, 15) is 9.90 Å². The summed E-state index contributed by atoms with van der Waals surface area (Å²) in [6.45, 7) is 7.27. The number of aliphatic hydroxyl groups is 1. The van der Waals surface area contributed by atoms with Gasteiger partial charge in [0.2, 0.25) is 5.91 Å². The molecule has 33 heavy (non-hydrogen) atoms. The molecule has 2 aromatic rings. The molecule has 2 saturated heterocycles. The monoisotopic (exact) mass is 472 g/mol. The number of aliphatic hydroxyl groups excluding tert-OH is 1. The van der Waals surface area contributed by atoms with Crippen molar-refractivity contribution in [2.45, 2.75) is 70.8 Å². The summed E-state index contributed by atoms with van der Waals surface area (Å²) in [4.78, 5) is 32.7. The van der Waals surface area contributed by atoms with Crippen LogP contribution in [0.25, 0.3) is 0 Å². The number of nitrogens with zero attached hydrogens (tertiary/aromatic N) is 5. The molecule has 0 spiro atoms. The third-order valence-corrected chi connectivity index (χ3v) is 7.44. The van der Waals surface area contributed by atoms with E-state index in [4.69, 9.17) is 9.97 Å². The summed E-state index contributed by atoms with van der Waals surface area (Å²) in [6.07, 6.45) is 8.66. The molecule has 4 rings (SSSR count). The van der Waals surface area contributed by atoms with E-state index < -0.39 is 0 Å². The summed E-state index contributed by atoms with van der Waals surface area (Å²) in [6, 6.07) is 1.95. The summed E-state index contributed by atoms with van der Waals surface area (Å²) in [7, 11) is 0. The van der Waals surface area contributed by atoms with Crippen molar-refractivity contribution in [1.29, 1.82) is 0 Å². The van der Waals surface area contributed by atoms with Crippen LogP contribution >= 0.6 is 11.3 Å². The van der Waals surface area contributed by atoms with Gasteiger partial charge in [-0.25, -0.2) is 15.0 Å². The number of hydrogen-bond acceptors (Lipinski definition) is 8. The van der Waals surface area contributed by atoms with Gasteiger partial charge in [0.15, 0.2) is 5.13 Å². The first-order valence-corrected chi connectivity index (χ1v) is 13.1. The van der Waals surface area contributed by atoms with Crippen LogP contribution in [0.15, 0.2) is 12.3 Å². The predicted octanol–water partition coefficient (Wildman–Crippen LogP) is 3.49. The van der Waals surface area contributed by atoms with E-state index in [0.29, 0.717) is 6.54 Å². The second kappa shape index (κ2) is 11.4. The fourth-order valence-corrected chi connectivity index (χ4v) is 5.58. The number of carbonyl (C=O) groups is 1. The van der Waals surface area contributed by atoms with Crippen molar-refractivity contribution in [2.24, 2.45) is 0 Å². The van der Waals surface area contributed by atoms with Gasteiger partial charge >= 0.3 is 0 Å². The lowest BCUT2D eigenvalue weighted by molar-refractivity contribution is -0.139. The third-order valence-electron chi connectivity index (χ3n) is 6.62. The molecular formula is C24H36N6O2S. The van der Waals surface area contributed by atoms with E-state index in [2.05, 4.69) is 22.1 Å². The van der Waals surface area contributed by atoms with Crippen LogP contribution in [0, 0.1) is 6.92 Å². The molecule has 2 aliphatic heterocycles. The molecule has 0 unspecified atom stereocenters. The summed E-state index contributed by atoms with van der Waals surface area (Å²) < 4.78 is 0. The molecule has 0 bridgehead atoms. The number of amides is 1. The second-order valence-electron chi connectivity index (χ2n) is 9.12. The van der Waals surface area contributed by atoms with Gasteiger partial charge in [0.05, 0.1) is 12.6 Å². The Morgan fingerprint density at radius 3 is 2.73 bits per heavy atom. The molecule has 0 aliphatic carbocycles. The zero-order chi connectivity index (χ0) is 23.2. The Balaban J connectivity index is 1.42. The Hall–Kier alpha value is -2.10. The van der Waals surface area contributed by atoms with Gasteiger partial charge < -0.3 is 15.3 Å². The molecule has 8 nitrogen and oxygen atoms in total. The quantitative estimate of drug-likeness (QED) is 0.607. The van der Waals surface area contributed by atoms with E-state index in [1.165, 1.54) is 0 Å². The van der Waals surface area contributed by atoms with Gasteiger partial charge in [-0.05, 0) is 45.6 Å². The van der Waals surface area contributed by atoms with Crippen molar-refractivity contribution in [3.05, 3.63) is 28.7 Å². The molecule has 2 aromatic heterocycles. The molecule has 1 amide bonds. The lowest BCUT2D eigenvalue weighted by atomic mass is 9.94. The highest BCUT2D eigenvalue weighted by Crippen LogP contribution is 2.30. The van der Waals surface area contributed by atoms with Crippen LogP contribution < -0.4 is 5.32 Å². The van der Waals surface area contributed by atoms with Gasteiger partial charge in [0, 0.05) is 48.4 Å². The Morgan fingerprint density at radius 1 is 1.21 bits per heavy atom. The fraction of sp³-hybridized carbons (Fsp3) is 0.667. The zero-order valence-corrected chi connectivity index (χ0v) is 20.6. The number of carbonyl (C=O) groups excluding carboxylic acids is 1. The number of rotatable bonds is 8. The minimum atomic E-state index is -0.0795. The number of nitrogens with one attached hydrogen (secondary N) is 1. The smallest absolute Gasteiger partial charge is 0.239 e. The van der Waals surface area contributed by atoms with Gasteiger partial charge in [-0.1, -0.05) is 19.8 Å². The molecule has 4 heterocycles. The Morgan fingerprint density at radius 2 is 2.03 bits per heavy atom. The number of β-amino-alcohol motifs (C(OH)–C–C–N with tert-alkyl or cyclic N) is 1. The number of thiazole rings is 1. The lowest BCUT2D eigenvalue weighted by Crippen LogP contribution is -2.53. The van der Waals surface area contributed by atoms with Crippen LogP contribution in [0.3, 0.4) is 0 Å². The first kappa shape index (κ1) is 24.0. The zero-order valence-electron chi connectivity index (χ0n) is 19.8. The summed E-state index contributed by atoms with van der Waals surface area (Å²) in [5.74, 6) is 2.16. The molecular weight excluding hydrogens is 436 g/mol. The van der Waals surface area contributed by atoms with E-state index in [1.807, 2.05) is 24.1 Å². The maximum absolute atomic E-state index is 13.2. The van der Waals surface area contributed by atoms with Gasteiger partial charge in [0.25, 0.3) is 0 Å². The first-order valence-electron chi connectivity index (χ1n) is 12.3. The van der Waals surface area contributed by atoms with Crippen molar-refractivity contribution in [3.63, 3.8) is 0 Å². The molecule has 2 aliphatic rings.